The molecule has 0 spiro atoms. The number of aryl methyl sites for hydroxylation is 1. The Kier molecular flexibility index (Phi) is 11.8. The number of rotatable bonds is 13. The zero-order valence-electron chi connectivity index (χ0n) is 24.8. The maximum atomic E-state index is 14.0. The third-order valence-corrected chi connectivity index (χ3v) is 10.6. The van der Waals surface area contributed by atoms with Gasteiger partial charge in [-0.3, -0.25) is 14.4 Å². The van der Waals surface area contributed by atoms with E-state index < -0.39 is 33.5 Å². The molecule has 43 heavy (non-hydrogen) atoms. The van der Waals surface area contributed by atoms with Crippen LogP contribution in [0.3, 0.4) is 0 Å². The summed E-state index contributed by atoms with van der Waals surface area (Å²) in [7, 11) is -2.01. The lowest BCUT2D eigenvalue weighted by Crippen LogP contribution is -2.48. The van der Waals surface area contributed by atoms with Crippen LogP contribution in [-0.2, 0) is 42.9 Å². The Morgan fingerprint density at radius 2 is 1.79 bits per heavy atom. The van der Waals surface area contributed by atoms with E-state index in [1.807, 2.05) is 18.2 Å². The highest BCUT2D eigenvalue weighted by molar-refractivity contribution is 7.90. The van der Waals surface area contributed by atoms with Crippen LogP contribution in [0.5, 0.6) is 0 Å². The van der Waals surface area contributed by atoms with Gasteiger partial charge in [0, 0.05) is 44.0 Å². The normalized spacial score (nSPS) is 18.4. The van der Waals surface area contributed by atoms with Crippen LogP contribution in [0, 0.1) is 5.92 Å². The molecule has 2 saturated heterocycles. The quantitative estimate of drug-likeness (QED) is 0.348. The molecule has 2 atom stereocenters. The molecular weight excluding hydrogens is 588 g/mol. The van der Waals surface area contributed by atoms with Crippen molar-refractivity contribution in [2.75, 3.05) is 32.4 Å². The van der Waals surface area contributed by atoms with Crippen LogP contribution in [0.4, 0.5) is 0 Å². The van der Waals surface area contributed by atoms with Gasteiger partial charge in [-0.05, 0) is 74.0 Å². The topological polar surface area (TPSA) is 130 Å². The van der Waals surface area contributed by atoms with Crippen molar-refractivity contribution in [1.82, 2.24) is 15.1 Å². The SMILES string of the molecule is CN(C(=O)C[C@@H](CS(=O)(=O)Cc1ccccc1)C(=O)N1CCC[C@H]1C(=O)CCc1cc(Cl)ccc1CN)C1CCNCC1. The lowest BCUT2D eigenvalue weighted by Gasteiger charge is -2.33. The summed E-state index contributed by atoms with van der Waals surface area (Å²) in [4.78, 5) is 44.1. The molecule has 2 fully saturated rings. The lowest BCUT2D eigenvalue weighted by atomic mass is 9.97. The minimum atomic E-state index is -3.74. The standard InChI is InChI=1S/C32H43ClN4O5S/c1-36(28-13-15-35-16-14-28)31(39)19-26(22-43(41,42)21-23-6-3-2-4-7-23)32(40)37-17-5-8-29(37)30(38)12-10-24-18-27(33)11-9-25(24)20-34/h2-4,6-7,9,11,18,26,28-29,35H,5,8,10,12-17,19-22,34H2,1H3/t26-,29-/m0/s1. The monoisotopic (exact) mass is 630 g/mol. The van der Waals surface area contributed by atoms with E-state index in [0.717, 1.165) is 37.1 Å². The van der Waals surface area contributed by atoms with E-state index in [4.69, 9.17) is 17.3 Å². The van der Waals surface area contributed by atoms with Gasteiger partial charge in [0.1, 0.15) is 0 Å². The number of nitrogens with one attached hydrogen (secondary N) is 1. The molecule has 9 nitrogen and oxygen atoms in total. The van der Waals surface area contributed by atoms with E-state index in [1.165, 1.54) is 4.90 Å². The number of sulfone groups is 1. The first-order valence-electron chi connectivity index (χ1n) is 15.1. The van der Waals surface area contributed by atoms with Crippen molar-refractivity contribution in [2.45, 2.75) is 69.3 Å². The molecule has 0 aliphatic carbocycles. The van der Waals surface area contributed by atoms with Gasteiger partial charge < -0.3 is 20.9 Å². The second-order valence-electron chi connectivity index (χ2n) is 11.7. The van der Waals surface area contributed by atoms with Gasteiger partial charge in [0.15, 0.2) is 15.6 Å². The minimum Gasteiger partial charge on any atom is -0.343 e. The molecule has 0 radical (unpaired) electrons. The number of amides is 2. The predicted octanol–water partition coefficient (Wildman–Crippen LogP) is 3.12. The molecule has 0 saturated carbocycles. The maximum absolute atomic E-state index is 14.0. The number of likely N-dealkylation sites (tertiary alicyclic amines) is 1. The molecule has 11 heteroatoms. The van der Waals surface area contributed by atoms with Gasteiger partial charge in [-0.1, -0.05) is 48.0 Å². The highest BCUT2D eigenvalue weighted by Crippen LogP contribution is 2.26. The molecule has 2 amide bonds. The number of Topliss-reactive ketones (excluding diaryl/α,β-unsaturated/α-hetero) is 1. The van der Waals surface area contributed by atoms with Crippen LogP contribution in [0.1, 0.15) is 55.2 Å². The van der Waals surface area contributed by atoms with Crippen molar-refractivity contribution < 1.29 is 22.8 Å². The molecule has 4 rings (SSSR count). The Balaban J connectivity index is 1.50. The van der Waals surface area contributed by atoms with Crippen LogP contribution >= 0.6 is 11.6 Å². The Hall–Kier alpha value is -2.79. The van der Waals surface area contributed by atoms with Crippen LogP contribution in [0.2, 0.25) is 5.02 Å². The Labute approximate surface area is 260 Å². The first-order chi connectivity index (χ1) is 20.6. The van der Waals surface area contributed by atoms with Crippen molar-refractivity contribution in [3.05, 3.63) is 70.2 Å². The fourth-order valence-corrected chi connectivity index (χ4v) is 8.10. The van der Waals surface area contributed by atoms with E-state index in [-0.39, 0.29) is 36.3 Å². The molecule has 3 N–H and O–H groups in total. The van der Waals surface area contributed by atoms with Crippen molar-refractivity contribution in [3.63, 3.8) is 0 Å². The summed E-state index contributed by atoms with van der Waals surface area (Å²) < 4.78 is 26.7. The number of halogens is 1. The molecule has 2 aromatic rings. The summed E-state index contributed by atoms with van der Waals surface area (Å²) in [5.41, 5.74) is 8.30. The summed E-state index contributed by atoms with van der Waals surface area (Å²) in [6, 6.07) is 13.6. The predicted molar refractivity (Wildman–Crippen MR) is 168 cm³/mol. The maximum Gasteiger partial charge on any atom is 0.227 e. The Morgan fingerprint density at radius 1 is 1.07 bits per heavy atom. The minimum absolute atomic E-state index is 0.0384. The van der Waals surface area contributed by atoms with Crippen LogP contribution < -0.4 is 11.1 Å². The van der Waals surface area contributed by atoms with Crippen molar-refractivity contribution in [3.8, 4) is 0 Å². The molecule has 2 aliphatic rings. The smallest absolute Gasteiger partial charge is 0.227 e. The van der Waals surface area contributed by atoms with Gasteiger partial charge in [-0.25, -0.2) is 8.42 Å². The van der Waals surface area contributed by atoms with Gasteiger partial charge in [0.2, 0.25) is 11.8 Å². The van der Waals surface area contributed by atoms with Gasteiger partial charge in [0.05, 0.1) is 23.5 Å². The number of benzene rings is 2. The summed E-state index contributed by atoms with van der Waals surface area (Å²) in [5, 5.41) is 3.85. The van der Waals surface area contributed by atoms with E-state index in [1.54, 1.807) is 42.3 Å². The van der Waals surface area contributed by atoms with Gasteiger partial charge in [-0.2, -0.15) is 0 Å². The molecule has 2 aromatic carbocycles. The summed E-state index contributed by atoms with van der Waals surface area (Å²) in [5.74, 6) is -2.52. The fourth-order valence-electron chi connectivity index (χ4n) is 6.21. The Bertz CT molecular complexity index is 1380. The first-order valence-corrected chi connectivity index (χ1v) is 17.3. The van der Waals surface area contributed by atoms with Gasteiger partial charge in [-0.15, -0.1) is 0 Å². The number of hydrogen-bond acceptors (Lipinski definition) is 7. The number of ketones is 1. The summed E-state index contributed by atoms with van der Waals surface area (Å²) in [6.45, 7) is 2.28. The van der Waals surface area contributed by atoms with Crippen LogP contribution in [0.25, 0.3) is 0 Å². The van der Waals surface area contributed by atoms with Gasteiger partial charge >= 0.3 is 0 Å². The summed E-state index contributed by atoms with van der Waals surface area (Å²) >= 11 is 6.17. The molecule has 0 aromatic heterocycles. The molecule has 2 heterocycles. The zero-order chi connectivity index (χ0) is 31.0. The molecule has 0 bridgehead atoms. The largest absolute Gasteiger partial charge is 0.343 e. The zero-order valence-corrected chi connectivity index (χ0v) is 26.4. The van der Waals surface area contributed by atoms with Crippen molar-refractivity contribution in [1.29, 1.82) is 0 Å². The number of piperidine rings is 1. The number of hydrogen-bond donors (Lipinski definition) is 2. The second-order valence-corrected chi connectivity index (χ2v) is 14.2. The third kappa shape index (κ3) is 9.11. The van der Waals surface area contributed by atoms with E-state index in [0.29, 0.717) is 42.9 Å². The van der Waals surface area contributed by atoms with Crippen LogP contribution in [0.15, 0.2) is 48.5 Å². The van der Waals surface area contributed by atoms with E-state index >= 15 is 0 Å². The van der Waals surface area contributed by atoms with Crippen molar-refractivity contribution >= 4 is 39.0 Å². The number of carbonyl (C=O) groups excluding carboxylic acids is 3. The highest BCUT2D eigenvalue weighted by Gasteiger charge is 2.39. The Morgan fingerprint density at radius 3 is 2.49 bits per heavy atom. The summed E-state index contributed by atoms with van der Waals surface area (Å²) in [6.07, 6.45) is 3.18. The number of carbonyl (C=O) groups is 3. The van der Waals surface area contributed by atoms with Gasteiger partial charge in [0.25, 0.3) is 0 Å². The molecule has 0 unspecified atom stereocenters. The third-order valence-electron chi connectivity index (χ3n) is 8.64. The van der Waals surface area contributed by atoms with E-state index in [2.05, 4.69) is 5.32 Å². The number of nitrogens with two attached hydrogens (primary N) is 1. The van der Waals surface area contributed by atoms with E-state index in [9.17, 15) is 22.8 Å². The fraction of sp³-hybridized carbons (Fsp3) is 0.531. The average Bonchev–Trinajstić information content (AvgIpc) is 3.49. The average molecular weight is 631 g/mol. The first kappa shape index (κ1) is 33.1. The lowest BCUT2D eigenvalue weighted by molar-refractivity contribution is -0.143. The second kappa shape index (κ2) is 15.3. The highest BCUT2D eigenvalue weighted by atomic mass is 35.5. The molecular formula is C32H43ClN4O5S. The van der Waals surface area contributed by atoms with Crippen LogP contribution in [-0.4, -0.2) is 80.3 Å². The molecule has 234 valence electrons. The molecule has 2 aliphatic heterocycles. The van der Waals surface area contributed by atoms with Crippen molar-refractivity contribution in [2.24, 2.45) is 11.7 Å². The number of nitrogens with zero attached hydrogens (tertiary/aromatic N) is 2.